The Kier molecular flexibility index (Phi) is 7.69. The van der Waals surface area contributed by atoms with Crippen LogP contribution in [0.1, 0.15) is 23.2 Å². The van der Waals surface area contributed by atoms with Gasteiger partial charge in [-0.15, -0.1) is 0 Å². The fourth-order valence-corrected chi connectivity index (χ4v) is 3.95. The molecule has 6 heteroatoms. The highest BCUT2D eigenvalue weighted by molar-refractivity contribution is 5.97. The van der Waals surface area contributed by atoms with Crippen LogP contribution in [-0.2, 0) is 0 Å². The van der Waals surface area contributed by atoms with Crippen LogP contribution in [-0.4, -0.2) is 45.4 Å². The van der Waals surface area contributed by atoms with Crippen molar-refractivity contribution in [2.45, 2.75) is 18.9 Å². The fourth-order valence-electron chi connectivity index (χ4n) is 3.95. The van der Waals surface area contributed by atoms with Gasteiger partial charge in [0.15, 0.2) is 0 Å². The highest BCUT2D eigenvalue weighted by Gasteiger charge is 2.22. The van der Waals surface area contributed by atoms with Gasteiger partial charge in [0.25, 0.3) is 5.91 Å². The number of nitrogens with one attached hydrogen (secondary N) is 1. The summed E-state index contributed by atoms with van der Waals surface area (Å²) in [6, 6.07) is 25.2. The molecule has 3 aromatic rings. The maximum atomic E-state index is 13.0. The molecule has 0 radical (unpaired) electrons. The number of carbonyl (C=O) groups excluding carboxylic acids is 1. The van der Waals surface area contributed by atoms with Gasteiger partial charge in [-0.1, -0.05) is 30.3 Å². The largest absolute Gasteiger partial charge is 0.497 e. The molecule has 1 aliphatic heterocycles. The molecule has 0 saturated carbocycles. The molecule has 172 valence electrons. The summed E-state index contributed by atoms with van der Waals surface area (Å²) < 4.78 is 16.8. The standard InChI is InChI=1S/C27H30N2O4/c1-31-23-13-11-22(12-14-23)29-17-15-21(16-18-29)28-27(30)25-9-5-6-10-26(25)33-20-19-32-24-7-3-2-4-8-24/h2-14,21H,15-20H2,1H3,(H,28,30). The number of benzene rings is 3. The number of amides is 1. The molecule has 33 heavy (non-hydrogen) atoms. The first kappa shape index (κ1) is 22.5. The number of hydrogen-bond donors (Lipinski definition) is 1. The number of anilines is 1. The summed E-state index contributed by atoms with van der Waals surface area (Å²) in [6.45, 7) is 2.56. The van der Waals surface area contributed by atoms with Gasteiger partial charge in [-0.25, -0.2) is 0 Å². The van der Waals surface area contributed by atoms with E-state index in [4.69, 9.17) is 14.2 Å². The molecule has 0 unspecified atom stereocenters. The van der Waals surface area contributed by atoms with E-state index < -0.39 is 0 Å². The average Bonchev–Trinajstić information content (AvgIpc) is 2.88. The highest BCUT2D eigenvalue weighted by atomic mass is 16.5. The lowest BCUT2D eigenvalue weighted by Crippen LogP contribution is -2.44. The van der Waals surface area contributed by atoms with Gasteiger partial charge in [-0.05, 0) is 61.4 Å². The van der Waals surface area contributed by atoms with Crippen molar-refractivity contribution in [1.82, 2.24) is 5.32 Å². The number of ether oxygens (including phenoxy) is 3. The molecule has 1 heterocycles. The molecule has 4 rings (SSSR count). The third-order valence-electron chi connectivity index (χ3n) is 5.75. The Morgan fingerprint density at radius 1 is 0.848 bits per heavy atom. The predicted octanol–water partition coefficient (Wildman–Crippen LogP) is 4.55. The minimum absolute atomic E-state index is 0.0996. The van der Waals surface area contributed by atoms with Gasteiger partial charge < -0.3 is 24.4 Å². The molecule has 0 aliphatic carbocycles. The zero-order valence-electron chi connectivity index (χ0n) is 18.9. The van der Waals surface area contributed by atoms with Crippen molar-refractivity contribution in [3.8, 4) is 17.2 Å². The van der Waals surface area contributed by atoms with Crippen LogP contribution in [0.4, 0.5) is 5.69 Å². The summed E-state index contributed by atoms with van der Waals surface area (Å²) in [7, 11) is 1.67. The Bertz CT molecular complexity index is 1020. The van der Waals surface area contributed by atoms with E-state index in [9.17, 15) is 4.79 Å². The summed E-state index contributed by atoms with van der Waals surface area (Å²) in [6.07, 6.45) is 1.79. The van der Waals surface area contributed by atoms with Crippen LogP contribution in [0.2, 0.25) is 0 Å². The molecule has 1 saturated heterocycles. The molecule has 3 aromatic carbocycles. The topological polar surface area (TPSA) is 60.0 Å². The molecular formula is C27H30N2O4. The first-order chi connectivity index (χ1) is 16.2. The molecule has 0 bridgehead atoms. The highest BCUT2D eigenvalue weighted by Crippen LogP contribution is 2.24. The van der Waals surface area contributed by atoms with E-state index in [-0.39, 0.29) is 11.9 Å². The first-order valence-corrected chi connectivity index (χ1v) is 11.3. The van der Waals surface area contributed by atoms with Gasteiger partial charge in [0.2, 0.25) is 0 Å². The zero-order chi connectivity index (χ0) is 22.9. The summed E-state index contributed by atoms with van der Waals surface area (Å²) in [5, 5.41) is 3.19. The molecule has 1 N–H and O–H groups in total. The van der Waals surface area contributed by atoms with E-state index >= 15 is 0 Å². The Hall–Kier alpha value is -3.67. The van der Waals surface area contributed by atoms with Crippen molar-refractivity contribution in [1.29, 1.82) is 0 Å². The molecule has 0 atom stereocenters. The van der Waals surface area contributed by atoms with Crippen molar-refractivity contribution in [3.63, 3.8) is 0 Å². The number of methoxy groups -OCH3 is 1. The van der Waals surface area contributed by atoms with E-state index in [2.05, 4.69) is 22.3 Å². The third-order valence-corrected chi connectivity index (χ3v) is 5.75. The minimum Gasteiger partial charge on any atom is -0.497 e. The second kappa shape index (κ2) is 11.3. The van der Waals surface area contributed by atoms with E-state index in [0.717, 1.165) is 37.4 Å². The number of para-hydroxylation sites is 2. The second-order valence-corrected chi connectivity index (χ2v) is 7.94. The molecule has 1 aliphatic rings. The summed E-state index contributed by atoms with van der Waals surface area (Å²) in [4.78, 5) is 15.3. The molecule has 1 amide bonds. The van der Waals surface area contributed by atoms with Gasteiger partial charge in [0.1, 0.15) is 30.5 Å². The molecular weight excluding hydrogens is 416 g/mol. The smallest absolute Gasteiger partial charge is 0.255 e. The van der Waals surface area contributed by atoms with Crippen molar-refractivity contribution >= 4 is 11.6 Å². The fraction of sp³-hybridized carbons (Fsp3) is 0.296. The van der Waals surface area contributed by atoms with Crippen LogP contribution in [0.25, 0.3) is 0 Å². The Morgan fingerprint density at radius 2 is 1.52 bits per heavy atom. The van der Waals surface area contributed by atoms with Crippen LogP contribution in [0, 0.1) is 0 Å². The van der Waals surface area contributed by atoms with Gasteiger partial charge in [-0.3, -0.25) is 4.79 Å². The van der Waals surface area contributed by atoms with Crippen LogP contribution in [0.5, 0.6) is 17.2 Å². The van der Waals surface area contributed by atoms with Crippen LogP contribution in [0.15, 0.2) is 78.9 Å². The average molecular weight is 447 g/mol. The maximum Gasteiger partial charge on any atom is 0.255 e. The Morgan fingerprint density at radius 3 is 2.24 bits per heavy atom. The van der Waals surface area contributed by atoms with Gasteiger partial charge in [0.05, 0.1) is 12.7 Å². The Labute approximate surface area is 195 Å². The van der Waals surface area contributed by atoms with Crippen molar-refractivity contribution in [3.05, 3.63) is 84.4 Å². The second-order valence-electron chi connectivity index (χ2n) is 7.94. The molecule has 0 spiro atoms. The lowest BCUT2D eigenvalue weighted by Gasteiger charge is -2.34. The number of rotatable bonds is 9. The van der Waals surface area contributed by atoms with E-state index in [0.29, 0.717) is 24.5 Å². The summed E-state index contributed by atoms with van der Waals surface area (Å²) in [5.74, 6) is 2.13. The van der Waals surface area contributed by atoms with Crippen LogP contribution < -0.4 is 24.4 Å². The molecule has 0 aromatic heterocycles. The van der Waals surface area contributed by atoms with Crippen LogP contribution in [0.3, 0.4) is 0 Å². The first-order valence-electron chi connectivity index (χ1n) is 11.3. The number of piperidine rings is 1. The van der Waals surface area contributed by atoms with E-state index in [1.54, 1.807) is 13.2 Å². The summed E-state index contributed by atoms with van der Waals surface area (Å²) >= 11 is 0. The van der Waals surface area contributed by atoms with E-state index in [1.807, 2.05) is 60.7 Å². The number of hydrogen-bond acceptors (Lipinski definition) is 5. The predicted molar refractivity (Wildman–Crippen MR) is 130 cm³/mol. The molecule has 1 fully saturated rings. The van der Waals surface area contributed by atoms with Gasteiger partial charge in [-0.2, -0.15) is 0 Å². The maximum absolute atomic E-state index is 13.0. The number of carbonyl (C=O) groups is 1. The lowest BCUT2D eigenvalue weighted by molar-refractivity contribution is 0.0926. The van der Waals surface area contributed by atoms with Crippen LogP contribution >= 0.6 is 0 Å². The quantitative estimate of drug-likeness (QED) is 0.489. The van der Waals surface area contributed by atoms with E-state index in [1.165, 1.54) is 5.69 Å². The van der Waals surface area contributed by atoms with Crippen molar-refractivity contribution < 1.29 is 19.0 Å². The monoisotopic (exact) mass is 446 g/mol. The summed E-state index contributed by atoms with van der Waals surface area (Å²) in [5.41, 5.74) is 1.73. The third kappa shape index (κ3) is 6.19. The lowest BCUT2D eigenvalue weighted by atomic mass is 10.0. The van der Waals surface area contributed by atoms with Crippen molar-refractivity contribution in [2.24, 2.45) is 0 Å². The number of nitrogens with zero attached hydrogens (tertiary/aromatic N) is 1. The Balaban J connectivity index is 1.26. The zero-order valence-corrected chi connectivity index (χ0v) is 18.9. The molecule has 6 nitrogen and oxygen atoms in total. The normalized spacial score (nSPS) is 13.9. The van der Waals surface area contributed by atoms with Gasteiger partial charge in [0, 0.05) is 24.8 Å². The minimum atomic E-state index is -0.0996. The van der Waals surface area contributed by atoms with Crippen molar-refractivity contribution in [2.75, 3.05) is 38.3 Å². The van der Waals surface area contributed by atoms with Gasteiger partial charge >= 0.3 is 0 Å². The SMILES string of the molecule is COc1ccc(N2CCC(NC(=O)c3ccccc3OCCOc3ccccc3)CC2)cc1.